The monoisotopic (exact) mass is 236 g/mol. The lowest BCUT2D eigenvalue weighted by Crippen LogP contribution is -2.42. The van der Waals surface area contributed by atoms with Crippen LogP contribution in [0.1, 0.15) is 58.8 Å². The van der Waals surface area contributed by atoms with Crippen LogP contribution in [0.4, 0.5) is 0 Å². The second kappa shape index (κ2) is 7.71. The fraction of sp³-hybridized carbons (Fsp3) is 0.933. The molecule has 0 radical (unpaired) electrons. The molecule has 0 bridgehead atoms. The first kappa shape index (κ1) is 14.5. The first-order valence-electron chi connectivity index (χ1n) is 7.32. The molecule has 0 heterocycles. The van der Waals surface area contributed by atoms with Crippen LogP contribution in [0, 0.1) is 23.2 Å². The van der Waals surface area contributed by atoms with Crippen molar-refractivity contribution in [3.05, 3.63) is 0 Å². The third kappa shape index (κ3) is 4.32. The van der Waals surface area contributed by atoms with Gasteiger partial charge < -0.3 is 4.90 Å². The molecule has 3 atom stereocenters. The van der Waals surface area contributed by atoms with Crippen LogP contribution < -0.4 is 0 Å². The van der Waals surface area contributed by atoms with Crippen molar-refractivity contribution in [1.29, 1.82) is 5.26 Å². The van der Waals surface area contributed by atoms with E-state index in [0.717, 1.165) is 18.9 Å². The highest BCUT2D eigenvalue weighted by atomic mass is 15.1. The molecule has 0 amide bonds. The van der Waals surface area contributed by atoms with E-state index in [1.54, 1.807) is 0 Å². The summed E-state index contributed by atoms with van der Waals surface area (Å²) in [6.45, 7) is 5.65. The second-order valence-electron chi connectivity index (χ2n) is 5.60. The zero-order valence-corrected chi connectivity index (χ0v) is 11.8. The average molecular weight is 236 g/mol. The van der Waals surface area contributed by atoms with Crippen molar-refractivity contribution in [2.45, 2.75) is 64.8 Å². The topological polar surface area (TPSA) is 27.0 Å². The quantitative estimate of drug-likeness (QED) is 0.701. The van der Waals surface area contributed by atoms with E-state index < -0.39 is 0 Å². The van der Waals surface area contributed by atoms with Gasteiger partial charge in [0.2, 0.25) is 0 Å². The van der Waals surface area contributed by atoms with Crippen LogP contribution in [0.5, 0.6) is 0 Å². The van der Waals surface area contributed by atoms with Crippen molar-refractivity contribution in [3.8, 4) is 6.07 Å². The number of nitrogens with zero attached hydrogens (tertiary/aromatic N) is 2. The van der Waals surface area contributed by atoms with E-state index in [1.807, 2.05) is 0 Å². The first-order valence-corrected chi connectivity index (χ1v) is 7.32. The van der Waals surface area contributed by atoms with E-state index in [4.69, 9.17) is 0 Å². The Morgan fingerprint density at radius 3 is 2.59 bits per heavy atom. The predicted molar refractivity (Wildman–Crippen MR) is 72.7 cm³/mol. The molecule has 0 aromatic rings. The summed E-state index contributed by atoms with van der Waals surface area (Å²) in [6, 6.07) is 3.04. The van der Waals surface area contributed by atoms with Gasteiger partial charge in [-0.2, -0.15) is 5.26 Å². The predicted octanol–water partition coefficient (Wildman–Crippen LogP) is 3.83. The van der Waals surface area contributed by atoms with E-state index in [-0.39, 0.29) is 5.92 Å². The molecule has 0 aliphatic heterocycles. The minimum absolute atomic E-state index is 0.268. The summed E-state index contributed by atoms with van der Waals surface area (Å²) in [5.41, 5.74) is 0. The minimum Gasteiger partial charge on any atom is -0.302 e. The highest BCUT2D eigenvalue weighted by Crippen LogP contribution is 2.34. The Morgan fingerprint density at radius 1 is 1.24 bits per heavy atom. The van der Waals surface area contributed by atoms with Gasteiger partial charge in [-0.3, -0.25) is 0 Å². The number of hydrogen-bond donors (Lipinski definition) is 0. The van der Waals surface area contributed by atoms with Crippen molar-refractivity contribution in [3.63, 3.8) is 0 Å². The van der Waals surface area contributed by atoms with Crippen LogP contribution in [0.25, 0.3) is 0 Å². The van der Waals surface area contributed by atoms with Crippen LogP contribution in [-0.2, 0) is 0 Å². The van der Waals surface area contributed by atoms with Gasteiger partial charge in [-0.15, -0.1) is 0 Å². The molecule has 0 saturated heterocycles. The van der Waals surface area contributed by atoms with Crippen LogP contribution in [0.15, 0.2) is 0 Å². The van der Waals surface area contributed by atoms with Gasteiger partial charge in [-0.1, -0.05) is 33.1 Å². The number of rotatable bonds is 6. The lowest BCUT2D eigenvalue weighted by Gasteiger charge is -2.38. The van der Waals surface area contributed by atoms with E-state index in [0.29, 0.717) is 6.04 Å². The van der Waals surface area contributed by atoms with E-state index >= 15 is 0 Å². The second-order valence-corrected chi connectivity index (χ2v) is 5.60. The number of nitriles is 1. The molecule has 3 unspecified atom stereocenters. The zero-order chi connectivity index (χ0) is 12.7. The van der Waals surface area contributed by atoms with Crippen LogP contribution in [-0.4, -0.2) is 24.5 Å². The molecule has 98 valence electrons. The van der Waals surface area contributed by atoms with Gasteiger partial charge in [-0.25, -0.2) is 0 Å². The summed E-state index contributed by atoms with van der Waals surface area (Å²) in [4.78, 5) is 2.44. The molecule has 1 aliphatic rings. The van der Waals surface area contributed by atoms with Gasteiger partial charge in [-0.05, 0) is 45.2 Å². The third-order valence-electron chi connectivity index (χ3n) is 4.22. The molecule has 0 aromatic carbocycles. The maximum atomic E-state index is 9.28. The highest BCUT2D eigenvalue weighted by molar-refractivity contribution is 4.97. The van der Waals surface area contributed by atoms with Gasteiger partial charge >= 0.3 is 0 Å². The summed E-state index contributed by atoms with van der Waals surface area (Å²) in [5.74, 6) is 1.13. The van der Waals surface area contributed by atoms with Gasteiger partial charge in [0.05, 0.1) is 12.0 Å². The molecule has 1 rings (SSSR count). The Bertz CT molecular complexity index is 244. The van der Waals surface area contributed by atoms with Gasteiger partial charge in [0.1, 0.15) is 0 Å². The molecule has 1 fully saturated rings. The Hall–Kier alpha value is -0.550. The van der Waals surface area contributed by atoms with Crippen molar-refractivity contribution in [2.75, 3.05) is 13.6 Å². The molecule has 2 nitrogen and oxygen atoms in total. The van der Waals surface area contributed by atoms with E-state index in [1.165, 1.54) is 38.5 Å². The maximum Gasteiger partial charge on any atom is 0.0672 e. The number of hydrogen-bond acceptors (Lipinski definition) is 2. The minimum atomic E-state index is 0.268. The molecule has 1 aliphatic carbocycles. The molecule has 2 heteroatoms. The standard InChI is InChI=1S/C15H28N2/c1-4-6-10-17(3)15-11-13(7-5-2)8-9-14(15)12-16/h13-15H,4-11H2,1-3H3. The lowest BCUT2D eigenvalue weighted by molar-refractivity contribution is 0.120. The van der Waals surface area contributed by atoms with Gasteiger partial charge in [0.25, 0.3) is 0 Å². The molecular formula is C15H28N2. The largest absolute Gasteiger partial charge is 0.302 e. The molecule has 0 aromatic heterocycles. The van der Waals surface area contributed by atoms with Crippen LogP contribution >= 0.6 is 0 Å². The van der Waals surface area contributed by atoms with Gasteiger partial charge in [0.15, 0.2) is 0 Å². The van der Waals surface area contributed by atoms with E-state index in [2.05, 4.69) is 31.9 Å². The Balaban J connectivity index is 2.53. The normalized spacial score (nSPS) is 29.2. The van der Waals surface area contributed by atoms with E-state index in [9.17, 15) is 5.26 Å². The summed E-state index contributed by atoms with van der Waals surface area (Å²) in [6.07, 6.45) is 8.75. The lowest BCUT2D eigenvalue weighted by atomic mass is 9.76. The molecular weight excluding hydrogens is 208 g/mol. The molecule has 0 spiro atoms. The Kier molecular flexibility index (Phi) is 6.58. The zero-order valence-electron chi connectivity index (χ0n) is 11.8. The van der Waals surface area contributed by atoms with Crippen LogP contribution in [0.3, 0.4) is 0 Å². The summed E-state index contributed by atoms with van der Waals surface area (Å²) < 4.78 is 0. The smallest absolute Gasteiger partial charge is 0.0672 e. The van der Waals surface area contributed by atoms with Crippen molar-refractivity contribution < 1.29 is 0 Å². The summed E-state index contributed by atoms with van der Waals surface area (Å²) in [5, 5.41) is 9.28. The molecule has 1 saturated carbocycles. The Labute approximate surface area is 107 Å². The third-order valence-corrected chi connectivity index (χ3v) is 4.22. The van der Waals surface area contributed by atoms with Crippen molar-refractivity contribution in [1.82, 2.24) is 4.90 Å². The van der Waals surface area contributed by atoms with Gasteiger partial charge in [0, 0.05) is 6.04 Å². The van der Waals surface area contributed by atoms with Crippen molar-refractivity contribution >= 4 is 0 Å². The maximum absolute atomic E-state index is 9.28. The average Bonchev–Trinajstić information content (AvgIpc) is 2.36. The number of unbranched alkanes of at least 4 members (excludes halogenated alkanes) is 1. The SMILES string of the molecule is CCCCN(C)C1CC(CCC)CCC1C#N. The highest BCUT2D eigenvalue weighted by Gasteiger charge is 2.32. The molecule has 17 heavy (non-hydrogen) atoms. The Morgan fingerprint density at radius 2 is 2.00 bits per heavy atom. The van der Waals surface area contributed by atoms with Crippen molar-refractivity contribution in [2.24, 2.45) is 11.8 Å². The fourth-order valence-corrected chi connectivity index (χ4v) is 3.11. The van der Waals surface area contributed by atoms with Crippen LogP contribution in [0.2, 0.25) is 0 Å². The molecule has 0 N–H and O–H groups in total. The first-order chi connectivity index (χ1) is 8.22. The summed E-state index contributed by atoms with van der Waals surface area (Å²) in [7, 11) is 2.21. The summed E-state index contributed by atoms with van der Waals surface area (Å²) >= 11 is 0. The fourth-order valence-electron chi connectivity index (χ4n) is 3.11.